The second kappa shape index (κ2) is 5.52. The minimum absolute atomic E-state index is 0.446. The Hall–Kier alpha value is -1.65. The van der Waals surface area contributed by atoms with Gasteiger partial charge in [0.2, 0.25) is 0 Å². The second-order valence-electron chi connectivity index (χ2n) is 5.39. The van der Waals surface area contributed by atoms with Crippen LogP contribution in [-0.2, 0) is 8.67 Å². The number of rotatable bonds is 2. The van der Waals surface area contributed by atoms with Crippen molar-refractivity contribution in [2.45, 2.75) is 5.60 Å². The molecule has 22 heavy (non-hydrogen) atoms. The van der Waals surface area contributed by atoms with Crippen LogP contribution in [0.4, 0.5) is 0 Å². The van der Waals surface area contributed by atoms with Gasteiger partial charge in [0, 0.05) is 0 Å². The Morgan fingerprint density at radius 2 is 1.18 bits per heavy atom. The first-order chi connectivity index (χ1) is 10.8. The molecule has 0 amide bonds. The van der Waals surface area contributed by atoms with E-state index < -0.39 is 25.8 Å². The van der Waals surface area contributed by atoms with Crippen molar-refractivity contribution in [3.63, 3.8) is 0 Å². The Bertz CT molecular complexity index is 744. The fourth-order valence-electron chi connectivity index (χ4n) is 3.15. The predicted octanol–water partition coefficient (Wildman–Crippen LogP) is 5.23. The molecule has 0 unspecified atom stereocenters. The molecule has 0 saturated carbocycles. The number of benzene rings is 3. The van der Waals surface area contributed by atoms with Crippen molar-refractivity contribution in [1.82, 2.24) is 0 Å². The number of hydrogen-bond acceptors (Lipinski definition) is 1. The summed E-state index contributed by atoms with van der Waals surface area (Å²) < 4.78 is 8.18. The predicted molar refractivity (Wildman–Crippen MR) is 98.9 cm³/mol. The van der Waals surface area contributed by atoms with E-state index in [1.165, 1.54) is 20.3 Å². The summed E-state index contributed by atoms with van der Waals surface area (Å²) in [5.74, 6) is 0. The molecule has 3 aromatic carbocycles. The van der Waals surface area contributed by atoms with Gasteiger partial charge in [0.1, 0.15) is 0 Å². The Morgan fingerprint density at radius 3 is 1.77 bits per heavy atom. The molecule has 0 aliphatic carbocycles. The molecule has 0 saturated heterocycles. The van der Waals surface area contributed by atoms with Crippen molar-refractivity contribution in [3.8, 4) is 0 Å². The van der Waals surface area contributed by atoms with E-state index >= 15 is 0 Å². The van der Waals surface area contributed by atoms with Gasteiger partial charge in [-0.25, -0.2) is 0 Å². The first-order valence-corrected chi connectivity index (χ1v) is 11.4. The summed E-state index contributed by atoms with van der Waals surface area (Å²) in [4.78, 5) is 2.29. The van der Waals surface area contributed by atoms with Crippen LogP contribution in [-0.4, -0.2) is 4.93 Å². The standard InChI is InChI=1S/C20H17IO/c1-21-19-15-9-8-14-18(19)20(22-21,16-10-4-2-5-11-16)17-12-6-3-7-13-17/h2-15H,1H3. The van der Waals surface area contributed by atoms with Gasteiger partial charge < -0.3 is 0 Å². The van der Waals surface area contributed by atoms with Crippen LogP contribution in [0.1, 0.15) is 16.7 Å². The summed E-state index contributed by atoms with van der Waals surface area (Å²) in [6.07, 6.45) is 0. The molecule has 0 fully saturated rings. The average molecular weight is 400 g/mol. The maximum atomic E-state index is 6.75. The third-order valence-corrected chi connectivity index (χ3v) is 8.03. The molecular weight excluding hydrogens is 383 g/mol. The first kappa shape index (κ1) is 14.0. The molecule has 3 aromatic rings. The number of hydrogen-bond donors (Lipinski definition) is 0. The Morgan fingerprint density at radius 1 is 0.682 bits per heavy atom. The van der Waals surface area contributed by atoms with Gasteiger partial charge in [0.15, 0.2) is 0 Å². The van der Waals surface area contributed by atoms with Gasteiger partial charge in [-0.1, -0.05) is 0 Å². The third-order valence-electron chi connectivity index (χ3n) is 4.13. The van der Waals surface area contributed by atoms with Crippen molar-refractivity contribution in [2.24, 2.45) is 0 Å². The van der Waals surface area contributed by atoms with Crippen molar-refractivity contribution >= 4 is 20.2 Å². The fourth-order valence-corrected chi connectivity index (χ4v) is 7.21. The quantitative estimate of drug-likeness (QED) is 0.423. The summed E-state index contributed by atoms with van der Waals surface area (Å²) in [6, 6.07) is 30.0. The molecule has 0 spiro atoms. The van der Waals surface area contributed by atoms with Crippen LogP contribution < -0.4 is 0 Å². The second-order valence-corrected chi connectivity index (χ2v) is 9.39. The van der Waals surface area contributed by atoms with Gasteiger partial charge in [-0.2, -0.15) is 0 Å². The van der Waals surface area contributed by atoms with Gasteiger partial charge in [-0.3, -0.25) is 0 Å². The van der Waals surface area contributed by atoms with Crippen LogP contribution in [0.5, 0.6) is 0 Å². The summed E-state index contributed by atoms with van der Waals surface area (Å²) in [7, 11) is 0. The minimum atomic E-state index is -1.60. The summed E-state index contributed by atoms with van der Waals surface area (Å²) in [5.41, 5.74) is 3.31. The zero-order valence-corrected chi connectivity index (χ0v) is 14.5. The Labute approximate surface area is 138 Å². The van der Waals surface area contributed by atoms with E-state index in [1.807, 2.05) is 0 Å². The zero-order valence-electron chi connectivity index (χ0n) is 12.4. The molecule has 1 nitrogen and oxygen atoms in total. The van der Waals surface area contributed by atoms with E-state index in [1.54, 1.807) is 0 Å². The van der Waals surface area contributed by atoms with Gasteiger partial charge in [0.05, 0.1) is 0 Å². The molecular formula is C20H17IO. The molecule has 0 radical (unpaired) electrons. The molecule has 0 atom stereocenters. The van der Waals surface area contributed by atoms with Gasteiger partial charge in [0.25, 0.3) is 0 Å². The van der Waals surface area contributed by atoms with Gasteiger partial charge >= 0.3 is 139 Å². The van der Waals surface area contributed by atoms with Crippen LogP contribution in [0.2, 0.25) is 0 Å². The molecule has 110 valence electrons. The zero-order chi connectivity index (χ0) is 15.0. The molecule has 0 aromatic heterocycles. The van der Waals surface area contributed by atoms with Crippen molar-refractivity contribution in [3.05, 3.63) is 105 Å². The Balaban J connectivity index is 2.04. The molecule has 1 heterocycles. The normalized spacial score (nSPS) is 17.2. The van der Waals surface area contributed by atoms with Crippen LogP contribution >= 0.6 is 20.2 Å². The van der Waals surface area contributed by atoms with Gasteiger partial charge in [-0.15, -0.1) is 0 Å². The van der Waals surface area contributed by atoms with Crippen LogP contribution in [0.25, 0.3) is 0 Å². The van der Waals surface area contributed by atoms with E-state index in [9.17, 15) is 0 Å². The van der Waals surface area contributed by atoms with Crippen molar-refractivity contribution in [1.29, 1.82) is 0 Å². The molecule has 2 heteroatoms. The SMILES string of the molecule is CI1OC(c2ccccc2)(c2ccccc2)c2ccccc21. The van der Waals surface area contributed by atoms with E-state index in [0.717, 1.165) is 0 Å². The third kappa shape index (κ3) is 2.02. The summed E-state index contributed by atoms with van der Waals surface area (Å²) in [6.45, 7) is 0. The van der Waals surface area contributed by atoms with Gasteiger partial charge in [-0.05, 0) is 0 Å². The molecule has 1 aliphatic rings. The number of fused-ring (bicyclic) bond motifs is 1. The van der Waals surface area contributed by atoms with E-state index in [4.69, 9.17) is 3.07 Å². The monoisotopic (exact) mass is 400 g/mol. The fraction of sp³-hybridized carbons (Fsp3) is 0.100. The topological polar surface area (TPSA) is 9.23 Å². The first-order valence-electron chi connectivity index (χ1n) is 7.32. The van der Waals surface area contributed by atoms with E-state index in [2.05, 4.69) is 89.9 Å². The van der Waals surface area contributed by atoms with Crippen LogP contribution in [0.15, 0.2) is 84.9 Å². The molecule has 0 bridgehead atoms. The van der Waals surface area contributed by atoms with E-state index in [-0.39, 0.29) is 0 Å². The average Bonchev–Trinajstić information content (AvgIpc) is 2.91. The van der Waals surface area contributed by atoms with Crippen LogP contribution in [0.3, 0.4) is 0 Å². The molecule has 1 aliphatic heterocycles. The van der Waals surface area contributed by atoms with Crippen molar-refractivity contribution in [2.75, 3.05) is 4.93 Å². The molecule has 0 N–H and O–H groups in total. The van der Waals surface area contributed by atoms with Crippen molar-refractivity contribution < 1.29 is 3.07 Å². The molecule has 4 rings (SSSR count). The van der Waals surface area contributed by atoms with E-state index in [0.29, 0.717) is 0 Å². The van der Waals surface area contributed by atoms with Crippen LogP contribution in [0, 0.1) is 3.57 Å². The summed E-state index contributed by atoms with van der Waals surface area (Å²) in [5, 5.41) is 0. The summed E-state index contributed by atoms with van der Waals surface area (Å²) >= 11 is -1.60. The Kier molecular flexibility index (Phi) is 3.51. The number of alkyl halides is 1. The number of halogens is 1. The maximum absolute atomic E-state index is 6.75.